The minimum Gasteiger partial charge on any atom is -0.491 e. The zero-order chi connectivity index (χ0) is 13.0. The molecule has 7 heteroatoms. The molecule has 2 aromatic rings. The minimum absolute atomic E-state index is 0.265. The van der Waals surface area contributed by atoms with Crippen LogP contribution in [0.5, 0.6) is 5.75 Å². The van der Waals surface area contributed by atoms with Crippen LogP contribution in [0, 0.1) is 0 Å². The number of hydrogen-bond acceptors (Lipinski definition) is 4. The highest BCUT2D eigenvalue weighted by Crippen LogP contribution is 2.22. The van der Waals surface area contributed by atoms with Gasteiger partial charge in [0.05, 0.1) is 12.1 Å². The van der Waals surface area contributed by atoms with Crippen molar-refractivity contribution in [2.75, 3.05) is 6.61 Å². The summed E-state index contributed by atoms with van der Waals surface area (Å²) in [7, 11) is 0. The Morgan fingerprint density at radius 3 is 3.00 bits per heavy atom. The molecular formula is C11H11ClN4O2. The largest absolute Gasteiger partial charge is 0.491 e. The summed E-state index contributed by atoms with van der Waals surface area (Å²) in [6.45, 7) is 0.881. The smallest absolute Gasteiger partial charge is 0.252 e. The van der Waals surface area contributed by atoms with Gasteiger partial charge in [-0.05, 0) is 18.2 Å². The third kappa shape index (κ3) is 2.98. The van der Waals surface area contributed by atoms with Gasteiger partial charge in [0.1, 0.15) is 25.0 Å². The van der Waals surface area contributed by atoms with Gasteiger partial charge in [-0.3, -0.25) is 4.79 Å². The summed E-state index contributed by atoms with van der Waals surface area (Å²) in [5, 5.41) is 4.37. The number of carbonyl (C=O) groups excluding carboxylic acids is 1. The van der Waals surface area contributed by atoms with Crippen LogP contribution in [0.3, 0.4) is 0 Å². The van der Waals surface area contributed by atoms with E-state index in [0.717, 1.165) is 0 Å². The Hall–Kier alpha value is -2.08. The molecule has 0 saturated carbocycles. The lowest BCUT2D eigenvalue weighted by Gasteiger charge is -2.09. The lowest BCUT2D eigenvalue weighted by Crippen LogP contribution is -2.15. The molecule has 2 N–H and O–H groups in total. The van der Waals surface area contributed by atoms with Gasteiger partial charge < -0.3 is 10.5 Å². The molecule has 0 unspecified atom stereocenters. The number of halogens is 1. The molecule has 0 bridgehead atoms. The summed E-state index contributed by atoms with van der Waals surface area (Å²) in [5.74, 6) is -0.166. The van der Waals surface area contributed by atoms with E-state index in [-0.39, 0.29) is 5.56 Å². The van der Waals surface area contributed by atoms with Crippen molar-refractivity contribution in [3.63, 3.8) is 0 Å². The molecule has 0 radical (unpaired) electrons. The van der Waals surface area contributed by atoms with Crippen LogP contribution >= 0.6 is 11.6 Å². The molecule has 2 rings (SSSR count). The van der Waals surface area contributed by atoms with Crippen molar-refractivity contribution in [3.05, 3.63) is 41.4 Å². The van der Waals surface area contributed by atoms with Crippen molar-refractivity contribution in [1.29, 1.82) is 0 Å². The third-order valence-corrected chi connectivity index (χ3v) is 2.49. The van der Waals surface area contributed by atoms with E-state index in [9.17, 15) is 4.79 Å². The molecule has 1 amide bonds. The van der Waals surface area contributed by atoms with Crippen LogP contribution in [0.15, 0.2) is 30.9 Å². The summed E-state index contributed by atoms with van der Waals surface area (Å²) in [6.07, 6.45) is 3.03. The van der Waals surface area contributed by atoms with Gasteiger partial charge >= 0.3 is 0 Å². The van der Waals surface area contributed by atoms with Gasteiger partial charge in [-0.2, -0.15) is 5.10 Å². The number of carbonyl (C=O) groups is 1. The Morgan fingerprint density at radius 2 is 2.33 bits per heavy atom. The van der Waals surface area contributed by atoms with Gasteiger partial charge in [0.15, 0.2) is 0 Å². The fraction of sp³-hybridized carbons (Fsp3) is 0.182. The summed E-state index contributed by atoms with van der Waals surface area (Å²) in [4.78, 5) is 15.0. The molecule has 0 aliphatic rings. The van der Waals surface area contributed by atoms with E-state index in [1.165, 1.54) is 12.4 Å². The van der Waals surface area contributed by atoms with Crippen molar-refractivity contribution >= 4 is 17.5 Å². The number of aromatic nitrogens is 3. The maximum atomic E-state index is 11.2. The van der Waals surface area contributed by atoms with Crippen LogP contribution in [0.2, 0.25) is 5.02 Å². The first-order chi connectivity index (χ1) is 8.66. The van der Waals surface area contributed by atoms with Gasteiger partial charge in [-0.1, -0.05) is 11.6 Å². The SMILES string of the molecule is NC(=O)c1cc(Cl)ccc1OCCn1cncn1. The summed E-state index contributed by atoms with van der Waals surface area (Å²) in [6, 6.07) is 4.73. The first-order valence-corrected chi connectivity index (χ1v) is 5.59. The maximum Gasteiger partial charge on any atom is 0.252 e. The minimum atomic E-state index is -0.576. The van der Waals surface area contributed by atoms with Crippen LogP contribution < -0.4 is 10.5 Å². The Labute approximate surface area is 108 Å². The van der Waals surface area contributed by atoms with E-state index in [0.29, 0.717) is 23.9 Å². The number of amides is 1. The zero-order valence-electron chi connectivity index (χ0n) is 9.41. The van der Waals surface area contributed by atoms with Crippen LogP contribution in [-0.4, -0.2) is 27.3 Å². The van der Waals surface area contributed by atoms with E-state index >= 15 is 0 Å². The molecule has 0 spiro atoms. The van der Waals surface area contributed by atoms with Gasteiger partial charge in [-0.15, -0.1) is 0 Å². The topological polar surface area (TPSA) is 83.0 Å². The Morgan fingerprint density at radius 1 is 1.50 bits per heavy atom. The molecule has 0 aliphatic heterocycles. The lowest BCUT2D eigenvalue weighted by molar-refractivity contribution is 0.0996. The van der Waals surface area contributed by atoms with Crippen LogP contribution in [0.4, 0.5) is 0 Å². The number of ether oxygens (including phenoxy) is 1. The molecular weight excluding hydrogens is 256 g/mol. The summed E-state index contributed by atoms with van der Waals surface area (Å²) in [5.41, 5.74) is 5.51. The predicted octanol–water partition coefficient (Wildman–Crippen LogP) is 1.11. The molecule has 0 saturated heterocycles. The highest BCUT2D eigenvalue weighted by Gasteiger charge is 2.10. The van der Waals surface area contributed by atoms with E-state index in [2.05, 4.69) is 10.1 Å². The molecule has 0 aliphatic carbocycles. The number of nitrogens with zero attached hydrogens (tertiary/aromatic N) is 3. The second-order valence-corrected chi connectivity index (χ2v) is 3.95. The second kappa shape index (κ2) is 5.50. The first kappa shape index (κ1) is 12.4. The highest BCUT2D eigenvalue weighted by molar-refractivity contribution is 6.31. The Balaban J connectivity index is 2.02. The number of benzene rings is 1. The van der Waals surface area contributed by atoms with Gasteiger partial charge in [0, 0.05) is 5.02 Å². The monoisotopic (exact) mass is 266 g/mol. The third-order valence-electron chi connectivity index (χ3n) is 2.25. The average molecular weight is 267 g/mol. The highest BCUT2D eigenvalue weighted by atomic mass is 35.5. The molecule has 1 aromatic carbocycles. The molecule has 0 fully saturated rings. The quantitative estimate of drug-likeness (QED) is 0.879. The molecule has 1 heterocycles. The maximum absolute atomic E-state index is 11.2. The van der Waals surface area contributed by atoms with E-state index in [4.69, 9.17) is 22.1 Å². The van der Waals surface area contributed by atoms with Gasteiger partial charge in [0.2, 0.25) is 0 Å². The summed E-state index contributed by atoms with van der Waals surface area (Å²) < 4.78 is 7.10. The van der Waals surface area contributed by atoms with Crippen LogP contribution in [0.25, 0.3) is 0 Å². The van der Waals surface area contributed by atoms with Crippen molar-refractivity contribution in [2.45, 2.75) is 6.54 Å². The lowest BCUT2D eigenvalue weighted by atomic mass is 10.2. The van der Waals surface area contributed by atoms with E-state index in [1.54, 1.807) is 23.1 Å². The van der Waals surface area contributed by atoms with Crippen molar-refractivity contribution in [2.24, 2.45) is 5.73 Å². The van der Waals surface area contributed by atoms with Crippen LogP contribution in [-0.2, 0) is 6.54 Å². The number of hydrogen-bond donors (Lipinski definition) is 1. The fourth-order valence-electron chi connectivity index (χ4n) is 1.42. The fourth-order valence-corrected chi connectivity index (χ4v) is 1.59. The average Bonchev–Trinajstić information content (AvgIpc) is 2.84. The molecule has 18 heavy (non-hydrogen) atoms. The van der Waals surface area contributed by atoms with Gasteiger partial charge in [0.25, 0.3) is 5.91 Å². The van der Waals surface area contributed by atoms with Crippen molar-refractivity contribution in [3.8, 4) is 5.75 Å². The first-order valence-electron chi connectivity index (χ1n) is 5.21. The number of rotatable bonds is 5. The Bertz CT molecular complexity index is 542. The van der Waals surface area contributed by atoms with E-state index < -0.39 is 5.91 Å². The zero-order valence-corrected chi connectivity index (χ0v) is 10.2. The number of primary amides is 1. The normalized spacial score (nSPS) is 10.3. The van der Waals surface area contributed by atoms with E-state index in [1.807, 2.05) is 0 Å². The molecule has 0 atom stereocenters. The summed E-state index contributed by atoms with van der Waals surface area (Å²) >= 11 is 5.79. The van der Waals surface area contributed by atoms with Crippen molar-refractivity contribution in [1.82, 2.24) is 14.8 Å². The predicted molar refractivity (Wildman–Crippen MR) is 65.5 cm³/mol. The molecule has 6 nitrogen and oxygen atoms in total. The Kier molecular flexibility index (Phi) is 3.78. The molecule has 1 aromatic heterocycles. The van der Waals surface area contributed by atoms with Gasteiger partial charge in [-0.25, -0.2) is 9.67 Å². The van der Waals surface area contributed by atoms with Crippen molar-refractivity contribution < 1.29 is 9.53 Å². The number of nitrogens with two attached hydrogens (primary N) is 1. The molecule has 94 valence electrons. The van der Waals surface area contributed by atoms with Crippen LogP contribution in [0.1, 0.15) is 10.4 Å². The standard InChI is InChI=1S/C11H11ClN4O2/c12-8-1-2-10(9(5-8)11(13)17)18-4-3-16-7-14-6-15-16/h1-2,5-7H,3-4H2,(H2,13,17). The second-order valence-electron chi connectivity index (χ2n) is 3.51.